The number of hydrogen-bond acceptors (Lipinski definition) is 4. The standard InChI is InChI=1S/C25H29ClN4O3/c1-17-6-10-19(11-7-17)30-22(14-21(28-30)25(2,3)4)27-23(31)15-29(5)24(32)16-33-20-12-8-18(26)9-13-20/h6-14H,15-16H2,1-5H3,(H,27,31). The van der Waals surface area contributed by atoms with E-state index in [9.17, 15) is 9.59 Å². The van der Waals surface area contributed by atoms with Crippen LogP contribution in [0.4, 0.5) is 5.82 Å². The number of amides is 2. The lowest BCUT2D eigenvalue weighted by atomic mass is 9.92. The van der Waals surface area contributed by atoms with E-state index >= 15 is 0 Å². The maximum absolute atomic E-state index is 12.7. The number of ether oxygens (including phenoxy) is 1. The Morgan fingerprint density at radius 1 is 1.09 bits per heavy atom. The van der Waals surface area contributed by atoms with Gasteiger partial charge in [-0.3, -0.25) is 9.59 Å². The molecule has 8 heteroatoms. The molecule has 0 atom stereocenters. The highest BCUT2D eigenvalue weighted by molar-refractivity contribution is 6.30. The Labute approximate surface area is 199 Å². The summed E-state index contributed by atoms with van der Waals surface area (Å²) in [5.74, 6) is 0.433. The molecule has 0 bridgehead atoms. The van der Waals surface area contributed by atoms with E-state index in [1.807, 2.05) is 37.3 Å². The van der Waals surface area contributed by atoms with Crippen LogP contribution >= 0.6 is 11.6 Å². The molecule has 0 aliphatic rings. The van der Waals surface area contributed by atoms with Gasteiger partial charge in [-0.25, -0.2) is 4.68 Å². The maximum atomic E-state index is 12.7. The van der Waals surface area contributed by atoms with Crippen LogP contribution in [0.3, 0.4) is 0 Å². The van der Waals surface area contributed by atoms with Crippen molar-refractivity contribution in [2.45, 2.75) is 33.1 Å². The van der Waals surface area contributed by atoms with E-state index in [2.05, 4.69) is 26.1 Å². The molecule has 2 aromatic carbocycles. The number of anilines is 1. The van der Waals surface area contributed by atoms with Crippen LogP contribution in [0.25, 0.3) is 5.69 Å². The first-order valence-electron chi connectivity index (χ1n) is 10.6. The zero-order chi connectivity index (χ0) is 24.2. The highest BCUT2D eigenvalue weighted by Crippen LogP contribution is 2.26. The van der Waals surface area contributed by atoms with Gasteiger partial charge in [-0.05, 0) is 43.3 Å². The van der Waals surface area contributed by atoms with E-state index in [-0.39, 0.29) is 30.4 Å². The molecule has 1 heterocycles. The number of carbonyl (C=O) groups excluding carboxylic acids is 2. The largest absolute Gasteiger partial charge is 0.484 e. The Hall–Kier alpha value is -3.32. The number of nitrogens with zero attached hydrogens (tertiary/aromatic N) is 3. The van der Waals surface area contributed by atoms with Crippen molar-refractivity contribution in [1.82, 2.24) is 14.7 Å². The Morgan fingerprint density at radius 3 is 2.33 bits per heavy atom. The molecule has 1 aromatic heterocycles. The number of aromatic nitrogens is 2. The van der Waals surface area contributed by atoms with Crippen molar-refractivity contribution in [2.75, 3.05) is 25.5 Å². The van der Waals surface area contributed by atoms with E-state index in [1.54, 1.807) is 36.0 Å². The van der Waals surface area contributed by atoms with Crippen molar-refractivity contribution in [3.8, 4) is 11.4 Å². The van der Waals surface area contributed by atoms with E-state index in [1.165, 1.54) is 4.90 Å². The molecule has 3 rings (SSSR count). The van der Waals surface area contributed by atoms with Gasteiger partial charge in [0.1, 0.15) is 11.6 Å². The van der Waals surface area contributed by atoms with Gasteiger partial charge in [0.2, 0.25) is 5.91 Å². The smallest absolute Gasteiger partial charge is 0.260 e. The molecule has 7 nitrogen and oxygen atoms in total. The van der Waals surface area contributed by atoms with Crippen molar-refractivity contribution in [3.63, 3.8) is 0 Å². The van der Waals surface area contributed by atoms with E-state index in [4.69, 9.17) is 21.4 Å². The molecule has 174 valence electrons. The number of nitrogens with one attached hydrogen (secondary N) is 1. The molecule has 2 amide bonds. The first kappa shape index (κ1) is 24.3. The molecule has 3 aromatic rings. The summed E-state index contributed by atoms with van der Waals surface area (Å²) in [6.45, 7) is 7.90. The minimum Gasteiger partial charge on any atom is -0.484 e. The number of hydrogen-bond donors (Lipinski definition) is 1. The number of likely N-dealkylation sites (N-methyl/N-ethyl adjacent to an activating group) is 1. The van der Waals surface area contributed by atoms with Gasteiger partial charge in [0.15, 0.2) is 6.61 Å². The highest BCUT2D eigenvalue weighted by Gasteiger charge is 2.22. The molecule has 0 aliphatic carbocycles. The Bertz CT molecular complexity index is 1120. The average Bonchev–Trinajstić information content (AvgIpc) is 3.17. The molecule has 0 saturated heterocycles. The van der Waals surface area contributed by atoms with Crippen LogP contribution in [0.15, 0.2) is 54.6 Å². The van der Waals surface area contributed by atoms with E-state index < -0.39 is 0 Å². The zero-order valence-corrected chi connectivity index (χ0v) is 20.3. The van der Waals surface area contributed by atoms with Gasteiger partial charge < -0.3 is 15.0 Å². The van der Waals surface area contributed by atoms with Gasteiger partial charge in [-0.1, -0.05) is 50.1 Å². The first-order chi connectivity index (χ1) is 15.5. The Morgan fingerprint density at radius 2 is 1.73 bits per heavy atom. The Kier molecular flexibility index (Phi) is 7.43. The topological polar surface area (TPSA) is 76.5 Å². The number of carbonyl (C=O) groups is 2. The highest BCUT2D eigenvalue weighted by atomic mass is 35.5. The average molecular weight is 469 g/mol. The normalized spacial score (nSPS) is 11.2. The van der Waals surface area contributed by atoms with Crippen molar-refractivity contribution in [2.24, 2.45) is 0 Å². The van der Waals surface area contributed by atoms with Gasteiger partial charge in [0.05, 0.1) is 17.9 Å². The molecular formula is C25H29ClN4O3. The second-order valence-corrected chi connectivity index (χ2v) is 9.39. The van der Waals surface area contributed by atoms with Crippen LogP contribution < -0.4 is 10.1 Å². The van der Waals surface area contributed by atoms with Crippen LogP contribution in [0, 0.1) is 6.92 Å². The molecule has 0 saturated carbocycles. The summed E-state index contributed by atoms with van der Waals surface area (Å²) >= 11 is 5.85. The quantitative estimate of drug-likeness (QED) is 0.549. The fourth-order valence-electron chi connectivity index (χ4n) is 2.99. The van der Waals surface area contributed by atoms with Gasteiger partial charge in [0, 0.05) is 23.6 Å². The molecule has 1 N–H and O–H groups in total. The van der Waals surface area contributed by atoms with E-state index in [0.29, 0.717) is 16.6 Å². The van der Waals surface area contributed by atoms with Crippen molar-refractivity contribution in [3.05, 3.63) is 70.9 Å². The lowest BCUT2D eigenvalue weighted by molar-refractivity contribution is -0.135. The molecule has 0 spiro atoms. The van der Waals surface area contributed by atoms with Gasteiger partial charge in [0.25, 0.3) is 5.91 Å². The van der Waals surface area contributed by atoms with Crippen molar-refractivity contribution >= 4 is 29.2 Å². The lowest BCUT2D eigenvalue weighted by Crippen LogP contribution is -2.37. The first-order valence-corrected chi connectivity index (χ1v) is 11.0. The number of rotatable bonds is 7. The molecule has 0 fully saturated rings. The summed E-state index contributed by atoms with van der Waals surface area (Å²) in [5, 5.41) is 8.19. The monoisotopic (exact) mass is 468 g/mol. The van der Waals surface area contributed by atoms with Gasteiger partial charge in [-0.2, -0.15) is 5.10 Å². The maximum Gasteiger partial charge on any atom is 0.260 e. The SMILES string of the molecule is Cc1ccc(-n2nc(C(C)(C)C)cc2NC(=O)CN(C)C(=O)COc2ccc(Cl)cc2)cc1. The number of aryl methyl sites for hydroxylation is 1. The van der Waals surface area contributed by atoms with Crippen molar-refractivity contribution in [1.29, 1.82) is 0 Å². The summed E-state index contributed by atoms with van der Waals surface area (Å²) in [5.41, 5.74) is 2.63. The summed E-state index contributed by atoms with van der Waals surface area (Å²) in [4.78, 5) is 26.5. The second kappa shape index (κ2) is 10.1. The van der Waals surface area contributed by atoms with Crippen LogP contribution in [-0.2, 0) is 15.0 Å². The van der Waals surface area contributed by atoms with Crippen LogP contribution in [0.1, 0.15) is 32.0 Å². The third kappa shape index (κ3) is 6.58. The second-order valence-electron chi connectivity index (χ2n) is 8.95. The van der Waals surface area contributed by atoms with E-state index in [0.717, 1.165) is 16.9 Å². The zero-order valence-electron chi connectivity index (χ0n) is 19.6. The van der Waals surface area contributed by atoms with Crippen LogP contribution in [0.5, 0.6) is 5.75 Å². The summed E-state index contributed by atoms with van der Waals surface area (Å²) in [6, 6.07) is 16.5. The molecule has 33 heavy (non-hydrogen) atoms. The van der Waals surface area contributed by atoms with Gasteiger partial charge >= 0.3 is 0 Å². The van der Waals surface area contributed by atoms with Crippen LogP contribution in [0.2, 0.25) is 5.02 Å². The number of halogens is 1. The predicted octanol–water partition coefficient (Wildman–Crippen LogP) is 4.61. The predicted molar refractivity (Wildman–Crippen MR) is 130 cm³/mol. The van der Waals surface area contributed by atoms with Crippen LogP contribution in [-0.4, -0.2) is 46.7 Å². The third-order valence-electron chi connectivity index (χ3n) is 5.01. The lowest BCUT2D eigenvalue weighted by Gasteiger charge is -2.17. The molecular weight excluding hydrogens is 440 g/mol. The molecule has 0 aliphatic heterocycles. The third-order valence-corrected chi connectivity index (χ3v) is 5.26. The van der Waals surface area contributed by atoms with Crippen molar-refractivity contribution < 1.29 is 14.3 Å². The fourth-order valence-corrected chi connectivity index (χ4v) is 3.12. The summed E-state index contributed by atoms with van der Waals surface area (Å²) in [7, 11) is 1.56. The number of benzene rings is 2. The molecule has 0 unspecified atom stereocenters. The Balaban J connectivity index is 1.67. The summed E-state index contributed by atoms with van der Waals surface area (Å²) in [6.07, 6.45) is 0. The minimum atomic E-state index is -0.328. The molecule has 0 radical (unpaired) electrons. The minimum absolute atomic E-state index is 0.118. The van der Waals surface area contributed by atoms with Gasteiger partial charge in [-0.15, -0.1) is 0 Å². The summed E-state index contributed by atoms with van der Waals surface area (Å²) < 4.78 is 7.19. The fraction of sp³-hybridized carbons (Fsp3) is 0.320.